The second-order valence-electron chi connectivity index (χ2n) is 7.84. The van der Waals surface area contributed by atoms with Gasteiger partial charge < -0.3 is 15.2 Å². The van der Waals surface area contributed by atoms with Crippen molar-refractivity contribution in [1.29, 1.82) is 0 Å². The zero-order valence-corrected chi connectivity index (χ0v) is 13.4. The molecule has 0 radical (unpaired) electrons. The molecule has 2 aliphatic heterocycles. The third kappa shape index (κ3) is 1.91. The molecule has 2 heterocycles. The summed E-state index contributed by atoms with van der Waals surface area (Å²) in [5.41, 5.74) is -0.320. The van der Waals surface area contributed by atoms with Crippen LogP contribution in [0.1, 0.15) is 24.8 Å². The van der Waals surface area contributed by atoms with Gasteiger partial charge in [-0.2, -0.15) is 0 Å². The minimum Gasteiger partial charge on any atom is -0.481 e. The highest BCUT2D eigenvalue weighted by Gasteiger charge is 2.65. The fourth-order valence-electron chi connectivity index (χ4n) is 5.12. The van der Waals surface area contributed by atoms with E-state index < -0.39 is 17.3 Å². The second-order valence-corrected chi connectivity index (χ2v) is 7.84. The molecule has 1 aromatic rings. The van der Waals surface area contributed by atoms with Crippen molar-refractivity contribution in [3.8, 4) is 0 Å². The Morgan fingerprint density at radius 3 is 2.67 bits per heavy atom. The lowest BCUT2D eigenvalue weighted by atomic mass is 9.89. The number of hydrogen-bond donors (Lipinski definition) is 2. The van der Waals surface area contributed by atoms with Crippen molar-refractivity contribution < 1.29 is 19.4 Å². The van der Waals surface area contributed by atoms with Gasteiger partial charge in [-0.3, -0.25) is 9.59 Å². The van der Waals surface area contributed by atoms with Gasteiger partial charge in [0.05, 0.1) is 18.1 Å². The molecule has 1 aromatic carbocycles. The van der Waals surface area contributed by atoms with Crippen LogP contribution < -0.4 is 5.32 Å². The fraction of sp³-hybridized carbons (Fsp3) is 0.579. The van der Waals surface area contributed by atoms with Crippen LogP contribution in [0.25, 0.3) is 0 Å². The quantitative estimate of drug-likeness (QED) is 0.861. The number of carbonyl (C=O) groups excluding carboxylic acids is 1. The number of ether oxygens (including phenoxy) is 1. The third-order valence-electron chi connectivity index (χ3n) is 6.61. The molecule has 0 spiro atoms. The maximum atomic E-state index is 12.5. The molecule has 2 aliphatic carbocycles. The molecule has 24 heavy (non-hydrogen) atoms. The smallest absolute Gasteiger partial charge is 0.314 e. The summed E-state index contributed by atoms with van der Waals surface area (Å²) in [4.78, 5) is 24.4. The Morgan fingerprint density at radius 1 is 1.21 bits per heavy atom. The largest absolute Gasteiger partial charge is 0.481 e. The van der Waals surface area contributed by atoms with E-state index >= 15 is 0 Å². The lowest BCUT2D eigenvalue weighted by Crippen LogP contribution is -2.37. The Balaban J connectivity index is 1.24. The fourth-order valence-corrected chi connectivity index (χ4v) is 5.12. The van der Waals surface area contributed by atoms with Gasteiger partial charge in [0.15, 0.2) is 0 Å². The van der Waals surface area contributed by atoms with Crippen LogP contribution in [0.15, 0.2) is 30.3 Å². The van der Waals surface area contributed by atoms with Gasteiger partial charge >= 0.3 is 5.97 Å². The lowest BCUT2D eigenvalue weighted by Gasteiger charge is -2.19. The van der Waals surface area contributed by atoms with Crippen molar-refractivity contribution in [3.63, 3.8) is 0 Å². The topological polar surface area (TPSA) is 75.6 Å². The van der Waals surface area contributed by atoms with Crippen LogP contribution >= 0.6 is 0 Å². The molecular weight excluding hydrogens is 306 g/mol. The van der Waals surface area contributed by atoms with Crippen molar-refractivity contribution in [2.45, 2.75) is 36.9 Å². The summed E-state index contributed by atoms with van der Waals surface area (Å²) in [5, 5.41) is 12.7. The molecule has 2 saturated carbocycles. The number of nitrogens with one attached hydrogen (secondary N) is 1. The number of fused-ring (bicyclic) bond motifs is 5. The third-order valence-corrected chi connectivity index (χ3v) is 6.61. The zero-order valence-electron chi connectivity index (χ0n) is 13.4. The molecule has 2 saturated heterocycles. The van der Waals surface area contributed by atoms with Gasteiger partial charge in [0.25, 0.3) is 0 Å². The summed E-state index contributed by atoms with van der Waals surface area (Å²) in [7, 11) is 0. The molecule has 5 rings (SSSR count). The Hall–Kier alpha value is -1.88. The van der Waals surface area contributed by atoms with Gasteiger partial charge in [0.2, 0.25) is 5.91 Å². The summed E-state index contributed by atoms with van der Waals surface area (Å²) in [6, 6.07) is 9.12. The average Bonchev–Trinajstić information content (AvgIpc) is 3.49. The van der Waals surface area contributed by atoms with Crippen LogP contribution in [0.5, 0.6) is 0 Å². The van der Waals surface area contributed by atoms with E-state index in [4.69, 9.17) is 4.74 Å². The number of carboxylic acid groups (broad SMARTS) is 1. The van der Waals surface area contributed by atoms with E-state index in [1.54, 1.807) is 12.1 Å². The molecular formula is C19H21NO4. The minimum absolute atomic E-state index is 0.128. The molecule has 0 aromatic heterocycles. The van der Waals surface area contributed by atoms with Crippen LogP contribution in [-0.4, -0.2) is 35.7 Å². The van der Waals surface area contributed by atoms with Crippen molar-refractivity contribution in [3.05, 3.63) is 35.9 Å². The van der Waals surface area contributed by atoms with E-state index in [0.717, 1.165) is 17.9 Å². The van der Waals surface area contributed by atoms with Crippen LogP contribution in [0, 0.1) is 23.7 Å². The van der Waals surface area contributed by atoms with E-state index in [9.17, 15) is 14.7 Å². The molecule has 4 fully saturated rings. The summed E-state index contributed by atoms with van der Waals surface area (Å²) >= 11 is 0. The number of amides is 1. The van der Waals surface area contributed by atoms with Crippen molar-refractivity contribution in [2.24, 2.45) is 23.7 Å². The number of aliphatic carboxylic acids is 1. The van der Waals surface area contributed by atoms with Crippen LogP contribution in [0.4, 0.5) is 0 Å². The van der Waals surface area contributed by atoms with E-state index in [1.165, 1.54) is 6.42 Å². The first-order chi connectivity index (χ1) is 11.6. The Labute approximate surface area is 140 Å². The van der Waals surface area contributed by atoms with E-state index in [0.29, 0.717) is 37.0 Å². The second kappa shape index (κ2) is 4.82. The number of carbonyl (C=O) groups is 2. The van der Waals surface area contributed by atoms with Gasteiger partial charge in [-0.25, -0.2) is 0 Å². The summed E-state index contributed by atoms with van der Waals surface area (Å²) in [5.74, 6) is 0.398. The minimum atomic E-state index is -1.04. The molecule has 0 unspecified atom stereocenters. The Kier molecular flexibility index (Phi) is 2.90. The molecule has 1 amide bonds. The van der Waals surface area contributed by atoms with E-state index in [-0.39, 0.29) is 5.91 Å². The van der Waals surface area contributed by atoms with Gasteiger partial charge in [-0.15, -0.1) is 0 Å². The van der Waals surface area contributed by atoms with Crippen molar-refractivity contribution in [1.82, 2.24) is 5.32 Å². The van der Waals surface area contributed by atoms with E-state index in [2.05, 4.69) is 5.32 Å². The van der Waals surface area contributed by atoms with Crippen molar-refractivity contribution >= 4 is 11.9 Å². The van der Waals surface area contributed by atoms with Crippen LogP contribution in [-0.2, 0) is 19.7 Å². The van der Waals surface area contributed by atoms with Gasteiger partial charge in [-0.05, 0) is 36.7 Å². The molecule has 5 nitrogen and oxygen atoms in total. The zero-order chi connectivity index (χ0) is 16.5. The SMILES string of the molecule is O=C(NC[C@@H]1C[C@@H]2O[C@H]1[C@H]1C[C@H]12)[C@H]1C[C@]1(C(=O)O)c1ccccc1. The maximum Gasteiger partial charge on any atom is 0.314 e. The maximum absolute atomic E-state index is 12.5. The molecule has 4 aliphatic rings. The first-order valence-electron chi connectivity index (χ1n) is 8.83. The number of rotatable bonds is 5. The predicted molar refractivity (Wildman–Crippen MR) is 85.2 cm³/mol. The number of hydrogen-bond acceptors (Lipinski definition) is 3. The lowest BCUT2D eigenvalue weighted by molar-refractivity contribution is -0.142. The van der Waals surface area contributed by atoms with Crippen LogP contribution in [0.3, 0.4) is 0 Å². The summed E-state index contributed by atoms with van der Waals surface area (Å²) in [6.07, 6.45) is 3.44. The highest BCUT2D eigenvalue weighted by Crippen LogP contribution is 2.60. The first kappa shape index (κ1) is 14.5. The average molecular weight is 327 g/mol. The standard InChI is InChI=1S/C19H21NO4/c21-17(20-9-10-6-15-12-7-13(12)16(10)24-15)14-8-19(14,18(22)23)11-4-2-1-3-5-11/h1-5,10,12-16H,6-9H2,(H,20,21)(H,22,23)/t10-,12+,13-,14+,15-,16+,19-/m0/s1. The van der Waals surface area contributed by atoms with Gasteiger partial charge in [0, 0.05) is 12.5 Å². The summed E-state index contributed by atoms with van der Waals surface area (Å²) < 4.78 is 5.96. The highest BCUT2D eigenvalue weighted by molar-refractivity contribution is 5.97. The predicted octanol–water partition coefficient (Wildman–Crippen LogP) is 1.57. The van der Waals surface area contributed by atoms with Crippen molar-refractivity contribution in [2.75, 3.05) is 6.54 Å². The molecule has 2 N–H and O–H groups in total. The Bertz CT molecular complexity index is 705. The van der Waals surface area contributed by atoms with Gasteiger partial charge in [-0.1, -0.05) is 30.3 Å². The Morgan fingerprint density at radius 2 is 2.00 bits per heavy atom. The molecule has 126 valence electrons. The van der Waals surface area contributed by atoms with Gasteiger partial charge in [0.1, 0.15) is 5.41 Å². The monoisotopic (exact) mass is 327 g/mol. The summed E-state index contributed by atoms with van der Waals surface area (Å²) in [6.45, 7) is 0.615. The first-order valence-corrected chi connectivity index (χ1v) is 8.83. The highest BCUT2D eigenvalue weighted by atomic mass is 16.5. The normalized spacial score (nSPS) is 44.0. The molecule has 7 atom stereocenters. The number of benzene rings is 1. The molecule has 5 heteroatoms. The van der Waals surface area contributed by atoms with E-state index in [1.807, 2.05) is 18.2 Å². The molecule has 2 bridgehead atoms. The van der Waals surface area contributed by atoms with Crippen LogP contribution in [0.2, 0.25) is 0 Å². The number of carboxylic acids is 1.